The molecule has 1 atom stereocenters. The number of hydrogen-bond acceptors (Lipinski definition) is 2. The molecule has 4 nitrogen and oxygen atoms in total. The quantitative estimate of drug-likeness (QED) is 0.696. The minimum atomic E-state index is -0.138. The van der Waals surface area contributed by atoms with Crippen LogP contribution in [-0.2, 0) is 22.6 Å². The molecule has 30 heavy (non-hydrogen) atoms. The number of nitrogens with zero attached hydrogens (tertiary/aromatic N) is 1. The van der Waals surface area contributed by atoms with Gasteiger partial charge < -0.3 is 10.2 Å². The van der Waals surface area contributed by atoms with E-state index < -0.39 is 0 Å². The summed E-state index contributed by atoms with van der Waals surface area (Å²) in [5, 5.41) is 5.32. The van der Waals surface area contributed by atoms with Crippen molar-refractivity contribution in [2.45, 2.75) is 32.7 Å². The van der Waals surface area contributed by atoms with E-state index in [1.165, 1.54) is 5.56 Å². The van der Waals surface area contributed by atoms with Crippen molar-refractivity contribution < 1.29 is 9.59 Å². The monoisotopic (exact) mass is 400 g/mol. The van der Waals surface area contributed by atoms with Gasteiger partial charge in [0.05, 0.1) is 12.3 Å². The number of amides is 2. The Morgan fingerprint density at radius 2 is 1.77 bits per heavy atom. The number of nitrogens with one attached hydrogen (secondary N) is 1. The highest BCUT2D eigenvalue weighted by Crippen LogP contribution is 2.22. The number of hydrogen-bond donors (Lipinski definition) is 1. The molecule has 3 aromatic carbocycles. The maximum Gasteiger partial charge on any atom is 0.227 e. The van der Waals surface area contributed by atoms with Gasteiger partial charge in [-0.1, -0.05) is 72.3 Å². The van der Waals surface area contributed by atoms with Crippen LogP contribution in [0.15, 0.2) is 66.7 Å². The van der Waals surface area contributed by atoms with Crippen molar-refractivity contribution in [2.24, 2.45) is 5.92 Å². The Kier molecular flexibility index (Phi) is 6.12. The third-order valence-electron chi connectivity index (χ3n) is 5.95. The molecular formula is C26H28N2O2. The molecule has 4 rings (SSSR count). The first kappa shape index (κ1) is 20.1. The second kappa shape index (κ2) is 9.12. The van der Waals surface area contributed by atoms with Gasteiger partial charge in [0.1, 0.15) is 0 Å². The molecule has 0 saturated carbocycles. The van der Waals surface area contributed by atoms with E-state index in [2.05, 4.69) is 35.6 Å². The van der Waals surface area contributed by atoms with Gasteiger partial charge in [-0.2, -0.15) is 0 Å². The second-order valence-electron chi connectivity index (χ2n) is 8.20. The highest BCUT2D eigenvalue weighted by molar-refractivity contribution is 5.90. The summed E-state index contributed by atoms with van der Waals surface area (Å²) in [5.41, 5.74) is 3.34. The Labute approximate surface area is 177 Å². The summed E-state index contributed by atoms with van der Waals surface area (Å²) in [5.74, 6) is 0.00119. The molecule has 2 amide bonds. The van der Waals surface area contributed by atoms with E-state index in [1.807, 2.05) is 48.2 Å². The van der Waals surface area contributed by atoms with Gasteiger partial charge in [-0.25, -0.2) is 0 Å². The van der Waals surface area contributed by atoms with Gasteiger partial charge in [0, 0.05) is 19.6 Å². The molecule has 1 aliphatic heterocycles. The van der Waals surface area contributed by atoms with E-state index in [-0.39, 0.29) is 17.7 Å². The third-order valence-corrected chi connectivity index (χ3v) is 5.95. The van der Waals surface area contributed by atoms with Crippen LogP contribution in [0.2, 0.25) is 0 Å². The van der Waals surface area contributed by atoms with Gasteiger partial charge in [0.15, 0.2) is 0 Å². The summed E-state index contributed by atoms with van der Waals surface area (Å²) < 4.78 is 0. The molecule has 4 heteroatoms. The van der Waals surface area contributed by atoms with E-state index in [0.29, 0.717) is 19.5 Å². The Morgan fingerprint density at radius 3 is 2.60 bits per heavy atom. The van der Waals surface area contributed by atoms with Crippen molar-refractivity contribution >= 4 is 22.6 Å². The molecular weight excluding hydrogens is 372 g/mol. The van der Waals surface area contributed by atoms with Crippen LogP contribution in [0.5, 0.6) is 0 Å². The molecule has 0 radical (unpaired) electrons. The van der Waals surface area contributed by atoms with Gasteiger partial charge in [-0.05, 0) is 41.7 Å². The lowest BCUT2D eigenvalue weighted by molar-refractivity contribution is -0.135. The van der Waals surface area contributed by atoms with Crippen LogP contribution in [0.4, 0.5) is 0 Å². The number of carbonyl (C=O) groups excluding carboxylic acids is 2. The molecule has 1 unspecified atom stereocenters. The average Bonchev–Trinajstić information content (AvgIpc) is 2.79. The average molecular weight is 401 g/mol. The number of fused-ring (bicyclic) bond motifs is 1. The largest absolute Gasteiger partial charge is 0.352 e. The third kappa shape index (κ3) is 4.70. The van der Waals surface area contributed by atoms with Gasteiger partial charge in [0.2, 0.25) is 11.8 Å². The minimum Gasteiger partial charge on any atom is -0.352 e. The van der Waals surface area contributed by atoms with Crippen LogP contribution >= 0.6 is 0 Å². The Balaban J connectivity index is 1.36. The maximum absolute atomic E-state index is 13.0. The molecule has 1 saturated heterocycles. The fraction of sp³-hybridized carbons (Fsp3) is 0.308. The Hall–Kier alpha value is -3.14. The number of aryl methyl sites for hydroxylation is 1. The van der Waals surface area contributed by atoms with E-state index >= 15 is 0 Å². The predicted octanol–water partition coefficient (Wildman–Crippen LogP) is 4.25. The summed E-state index contributed by atoms with van der Waals surface area (Å²) in [4.78, 5) is 27.5. The fourth-order valence-corrected chi connectivity index (χ4v) is 4.18. The van der Waals surface area contributed by atoms with Gasteiger partial charge >= 0.3 is 0 Å². The number of carbonyl (C=O) groups is 2. The number of rotatable bonds is 5. The molecule has 1 fully saturated rings. The minimum absolute atomic E-state index is 0.0400. The first-order chi connectivity index (χ1) is 14.6. The van der Waals surface area contributed by atoms with E-state index in [4.69, 9.17) is 0 Å². The Morgan fingerprint density at radius 1 is 1.00 bits per heavy atom. The lowest BCUT2D eigenvalue weighted by atomic mass is 9.95. The lowest BCUT2D eigenvalue weighted by Crippen LogP contribution is -2.45. The smallest absolute Gasteiger partial charge is 0.227 e. The molecule has 1 aliphatic rings. The van der Waals surface area contributed by atoms with Crippen molar-refractivity contribution in [3.05, 3.63) is 83.4 Å². The van der Waals surface area contributed by atoms with Gasteiger partial charge in [-0.15, -0.1) is 0 Å². The molecule has 0 bridgehead atoms. The van der Waals surface area contributed by atoms with Crippen molar-refractivity contribution in [2.75, 3.05) is 13.1 Å². The maximum atomic E-state index is 13.0. The highest BCUT2D eigenvalue weighted by Gasteiger charge is 2.28. The van der Waals surface area contributed by atoms with Crippen LogP contribution in [0.1, 0.15) is 29.5 Å². The number of benzene rings is 3. The molecule has 154 valence electrons. The van der Waals surface area contributed by atoms with Crippen molar-refractivity contribution in [1.29, 1.82) is 0 Å². The molecule has 0 aliphatic carbocycles. The van der Waals surface area contributed by atoms with E-state index in [0.717, 1.165) is 41.3 Å². The first-order valence-corrected chi connectivity index (χ1v) is 10.7. The Bertz CT molecular complexity index is 1040. The second-order valence-corrected chi connectivity index (χ2v) is 8.20. The van der Waals surface area contributed by atoms with E-state index in [9.17, 15) is 9.59 Å². The summed E-state index contributed by atoms with van der Waals surface area (Å²) in [6, 6.07) is 22.4. The fourth-order valence-electron chi connectivity index (χ4n) is 4.18. The zero-order valence-corrected chi connectivity index (χ0v) is 17.4. The summed E-state index contributed by atoms with van der Waals surface area (Å²) in [6.07, 6.45) is 2.07. The van der Waals surface area contributed by atoms with Gasteiger partial charge in [-0.3, -0.25) is 9.59 Å². The van der Waals surface area contributed by atoms with Crippen molar-refractivity contribution in [1.82, 2.24) is 10.2 Å². The van der Waals surface area contributed by atoms with Gasteiger partial charge in [0.25, 0.3) is 0 Å². The SMILES string of the molecule is Cc1ccc(CNC(=O)C2CCCN(C(=O)Cc3cccc4ccccc34)C2)cc1. The molecule has 3 aromatic rings. The molecule has 0 aromatic heterocycles. The lowest BCUT2D eigenvalue weighted by Gasteiger charge is -2.32. The molecule has 1 heterocycles. The zero-order valence-electron chi connectivity index (χ0n) is 17.4. The summed E-state index contributed by atoms with van der Waals surface area (Å²) in [7, 11) is 0. The van der Waals surface area contributed by atoms with Crippen molar-refractivity contribution in [3.63, 3.8) is 0 Å². The molecule has 0 spiro atoms. The van der Waals surface area contributed by atoms with Crippen LogP contribution in [0.3, 0.4) is 0 Å². The zero-order chi connectivity index (χ0) is 20.9. The number of likely N-dealkylation sites (tertiary alicyclic amines) is 1. The van der Waals surface area contributed by atoms with Crippen molar-refractivity contribution in [3.8, 4) is 0 Å². The summed E-state index contributed by atoms with van der Waals surface area (Å²) in [6.45, 7) is 3.81. The predicted molar refractivity (Wildman–Crippen MR) is 120 cm³/mol. The normalized spacial score (nSPS) is 16.4. The molecule has 1 N–H and O–H groups in total. The standard InChI is InChI=1S/C26H28N2O2/c1-19-11-13-20(14-12-19)17-27-26(30)23-9-5-15-28(18-23)25(29)16-22-8-4-7-21-6-2-3-10-24(21)22/h2-4,6-8,10-14,23H,5,9,15-18H2,1H3,(H,27,30). The van der Waals surface area contributed by atoms with Crippen LogP contribution in [0.25, 0.3) is 10.8 Å². The highest BCUT2D eigenvalue weighted by atomic mass is 16.2. The van der Waals surface area contributed by atoms with Crippen LogP contribution in [0, 0.1) is 12.8 Å². The van der Waals surface area contributed by atoms with Crippen LogP contribution in [-0.4, -0.2) is 29.8 Å². The topological polar surface area (TPSA) is 49.4 Å². The van der Waals surface area contributed by atoms with E-state index in [1.54, 1.807) is 0 Å². The first-order valence-electron chi connectivity index (χ1n) is 10.7. The van der Waals surface area contributed by atoms with Crippen LogP contribution < -0.4 is 5.32 Å². The number of piperidine rings is 1. The summed E-state index contributed by atoms with van der Waals surface area (Å²) >= 11 is 0.